The molecule has 0 aliphatic rings. The summed E-state index contributed by atoms with van der Waals surface area (Å²) < 4.78 is 27.4. The van der Waals surface area contributed by atoms with Crippen LogP contribution in [-0.4, -0.2) is 27.4 Å². The highest BCUT2D eigenvalue weighted by Gasteiger charge is 2.30. The van der Waals surface area contributed by atoms with Crippen molar-refractivity contribution < 1.29 is 27.8 Å². The fourth-order valence-electron chi connectivity index (χ4n) is 21.9. The second-order valence-electron chi connectivity index (χ2n) is 36.3. The molecule has 0 fully saturated rings. The summed E-state index contributed by atoms with van der Waals surface area (Å²) in [7, 11) is 12.7. The molecule has 0 aliphatic heterocycles. The fraction of sp³-hybridized carbons (Fsp3) is 0.150. The van der Waals surface area contributed by atoms with Gasteiger partial charge >= 0.3 is 0 Å². The molecule has 0 saturated carbocycles. The Kier molecular flexibility index (Phi) is 20.7. The third-order valence-electron chi connectivity index (χ3n) is 28.2. The van der Waals surface area contributed by atoms with E-state index in [1.165, 1.54) is 252 Å². The van der Waals surface area contributed by atoms with Gasteiger partial charge in [0.05, 0.1) is 58.2 Å². The van der Waals surface area contributed by atoms with Crippen molar-refractivity contribution in [1.82, 2.24) is 27.4 Å². The van der Waals surface area contributed by atoms with Gasteiger partial charge in [0.1, 0.15) is 44.1 Å². The molecule has 26 aromatic rings. The maximum atomic E-state index is 2.38. The number of aromatic nitrogens is 12. The van der Waals surface area contributed by atoms with Gasteiger partial charge in [0.2, 0.25) is 34.5 Å². The maximum absolute atomic E-state index is 2.38. The Labute approximate surface area is 768 Å². The highest BCUT2D eigenvalue weighted by atomic mass is 15.4. The molecule has 0 N–H and O–H groups in total. The van der Waals surface area contributed by atoms with E-state index < -0.39 is 0 Å². The minimum absolute atomic E-state index is 1.25. The standard InChI is InChI=1S/C25H23N2.C23H19N2.C19H19N2.2C18H17N2.C17H15N2/c1-16-9-7-10-17(2)23(16)22-15-26(4)27-24-18(3)11-8-14-20(24)19-12-5-6-13-21(19)25(22)27;1-16-9-8-14-19-18-12-6-7-13-20(18)23-21(17-10-4-3-5-11-17)15-24(2)25(23)22(16)19;1-12-8-7-11-16-15-9-5-6-10-17(15)19-13(2)14(3)20(4)21(19)18(12)16;1-12-7-6-10-16-14-8-4-5-9-15(14)18-13(2)11-19(3)20(18)17(12)16;1-12-7-6-10-16-14-8-4-5-9-15(14)17-11-13(2)19(3)20(17)18(12)16;1-12-6-5-9-15-13-7-3-4-8-14(13)16-10-11-18(2)19(16)17(12)15/h5-15H,1-4H3;3-15H,1-2H3;5-11H,1-4H3;2*4-11H,1-3H3;3-11H,1-2H3/q6*+1. The van der Waals surface area contributed by atoms with Crippen molar-refractivity contribution in [2.24, 2.45) is 42.3 Å². The van der Waals surface area contributed by atoms with E-state index in [0.29, 0.717) is 0 Å². The lowest BCUT2D eigenvalue weighted by Crippen LogP contribution is -2.34. The third-order valence-corrected chi connectivity index (χ3v) is 28.2. The van der Waals surface area contributed by atoms with E-state index in [9.17, 15) is 0 Å². The molecule has 12 nitrogen and oxygen atoms in total. The first-order chi connectivity index (χ1) is 64.1. The van der Waals surface area contributed by atoms with Crippen LogP contribution in [0.25, 0.3) is 185 Å². The van der Waals surface area contributed by atoms with Crippen LogP contribution in [-0.2, 0) is 42.3 Å². The predicted molar refractivity (Wildman–Crippen MR) is 549 cm³/mol. The highest BCUT2D eigenvalue weighted by Crippen LogP contribution is 2.42. The average Bonchev–Trinajstić information content (AvgIpc) is 1.56. The summed E-state index contributed by atoms with van der Waals surface area (Å²) in [6.07, 6.45) is 8.84. The van der Waals surface area contributed by atoms with E-state index in [1.807, 2.05) is 0 Å². The Balaban J connectivity index is 0.0000000959. The number of fused-ring (bicyclic) bond motifs is 36. The van der Waals surface area contributed by atoms with Crippen molar-refractivity contribution in [3.63, 3.8) is 0 Å². The molecule has 0 atom stereocenters. The van der Waals surface area contributed by atoms with Gasteiger partial charge in [-0.25, -0.2) is 0 Å². The maximum Gasteiger partial charge on any atom is 0.249 e. The Morgan fingerprint density at radius 1 is 0.220 bits per heavy atom. The Morgan fingerprint density at radius 3 is 1.01 bits per heavy atom. The van der Waals surface area contributed by atoms with E-state index in [4.69, 9.17) is 0 Å². The largest absolute Gasteiger partial charge is 0.249 e. The van der Waals surface area contributed by atoms with Crippen LogP contribution in [0.3, 0.4) is 0 Å². The quantitative estimate of drug-likeness (QED) is 0.122. The van der Waals surface area contributed by atoms with Crippen molar-refractivity contribution in [2.45, 2.75) is 83.1 Å². The lowest BCUT2D eigenvalue weighted by molar-refractivity contribution is -0.735. The van der Waals surface area contributed by atoms with Crippen molar-refractivity contribution in [2.75, 3.05) is 0 Å². The topological polar surface area (TPSA) is 51.2 Å². The molecule has 12 heterocycles. The number of benzene rings is 14. The Morgan fingerprint density at radius 2 is 0.530 bits per heavy atom. The van der Waals surface area contributed by atoms with E-state index in [-0.39, 0.29) is 0 Å². The SMILES string of the molecule is Cc1cccc(C)c1-c1c[n+](C)n2c3c(C)cccc3c3ccccc3c12.Cc1cccc2c3ccccc3c3c(-c4ccccc4)c[n+](C)n3c12.Cc1cccc2c3ccccc3c3c(C)c(C)n(C)[n+]3c12.Cc1cccc2c3ccccc3c3c(C)c[n+](C)n3c12.Cc1cccc2c3ccccc3c3cc(C)n(C)[n+]3c12.Cc1cccc2c3ccccc3c3cc[n+](C)n3c12. The van der Waals surface area contributed by atoms with E-state index in [0.717, 1.165) is 0 Å². The average molecular weight is 1720 g/mol. The molecule has 0 spiro atoms. The van der Waals surface area contributed by atoms with E-state index >= 15 is 0 Å². The van der Waals surface area contributed by atoms with Gasteiger partial charge in [-0.3, -0.25) is 0 Å². The summed E-state index contributed by atoms with van der Waals surface area (Å²) in [4.78, 5) is 0. The molecule has 0 aliphatic carbocycles. The molecule has 644 valence electrons. The van der Waals surface area contributed by atoms with Crippen LogP contribution < -0.4 is 27.8 Å². The molecule has 0 bridgehead atoms. The van der Waals surface area contributed by atoms with E-state index in [2.05, 4.69) is 521 Å². The van der Waals surface area contributed by atoms with Crippen molar-refractivity contribution in [1.29, 1.82) is 0 Å². The fourth-order valence-corrected chi connectivity index (χ4v) is 21.9. The summed E-state index contributed by atoms with van der Waals surface area (Å²) in [5, 5.41) is 23.7. The zero-order valence-corrected chi connectivity index (χ0v) is 78.7. The van der Waals surface area contributed by atoms with Crippen LogP contribution in [0.4, 0.5) is 0 Å². The number of pyridine rings is 6. The molecule has 12 heteroatoms. The molecule has 14 aromatic carbocycles. The predicted octanol–water partition coefficient (Wildman–Crippen LogP) is 25.5. The van der Waals surface area contributed by atoms with Crippen LogP contribution >= 0.6 is 0 Å². The van der Waals surface area contributed by atoms with Gasteiger partial charge in [-0.1, -0.05) is 288 Å². The van der Waals surface area contributed by atoms with Crippen LogP contribution in [0, 0.1) is 83.1 Å². The second-order valence-corrected chi connectivity index (χ2v) is 36.3. The Bertz CT molecular complexity index is 9190. The first kappa shape index (κ1) is 83.3. The zero-order valence-electron chi connectivity index (χ0n) is 78.7. The molecule has 12 aromatic heterocycles. The van der Waals surface area contributed by atoms with Crippen LogP contribution in [0.2, 0.25) is 0 Å². The molecule has 0 saturated heterocycles. The first-order valence-corrected chi connectivity index (χ1v) is 45.9. The van der Waals surface area contributed by atoms with Crippen LogP contribution in [0.15, 0.2) is 340 Å². The third kappa shape index (κ3) is 13.2. The zero-order chi connectivity index (χ0) is 91.1. The highest BCUT2D eigenvalue weighted by molar-refractivity contribution is 6.19. The summed E-state index contributed by atoms with van der Waals surface area (Å²) in [5.41, 5.74) is 36.4. The Hall–Kier alpha value is -15.7. The number of rotatable bonds is 2. The van der Waals surface area contributed by atoms with Gasteiger partial charge in [-0.15, -0.1) is 36.8 Å². The smallest absolute Gasteiger partial charge is 0.155 e. The normalized spacial score (nSPS) is 11.7. The van der Waals surface area contributed by atoms with Gasteiger partial charge in [-0.2, -0.15) is 9.36 Å². The van der Waals surface area contributed by atoms with Gasteiger partial charge in [0, 0.05) is 88.2 Å². The number of hydrogen-bond donors (Lipinski definition) is 0. The lowest BCUT2D eigenvalue weighted by atomic mass is 9.94. The van der Waals surface area contributed by atoms with Crippen LogP contribution in [0.1, 0.15) is 67.0 Å². The molecule has 0 radical (unpaired) electrons. The van der Waals surface area contributed by atoms with Crippen molar-refractivity contribution >= 4 is 163 Å². The van der Waals surface area contributed by atoms with Gasteiger partial charge < -0.3 is 0 Å². The monoisotopic (exact) mass is 1720 g/mol. The molecule has 26 rings (SSSR count). The van der Waals surface area contributed by atoms with Gasteiger partial charge in [-0.05, 0) is 173 Å². The number of aryl methyl sites for hydroxylation is 17. The second kappa shape index (κ2) is 32.8. The number of para-hydroxylation sites is 6. The van der Waals surface area contributed by atoms with Gasteiger partial charge in [0.15, 0.2) is 40.6 Å². The summed E-state index contributed by atoms with van der Waals surface area (Å²) in [6.45, 7) is 26.3. The minimum Gasteiger partial charge on any atom is -0.155 e. The first-order valence-electron chi connectivity index (χ1n) is 45.9. The summed E-state index contributed by atoms with van der Waals surface area (Å²) in [5.74, 6) is 0. The minimum atomic E-state index is 1.25. The van der Waals surface area contributed by atoms with Crippen molar-refractivity contribution in [3.05, 3.63) is 407 Å². The molecule has 0 amide bonds. The summed E-state index contributed by atoms with van der Waals surface area (Å²) >= 11 is 0. The number of hydrogen-bond acceptors (Lipinski definition) is 0. The van der Waals surface area contributed by atoms with Crippen LogP contribution in [0.5, 0.6) is 0 Å². The lowest BCUT2D eigenvalue weighted by Gasteiger charge is -2.11. The van der Waals surface area contributed by atoms with Crippen molar-refractivity contribution in [3.8, 4) is 22.3 Å². The van der Waals surface area contributed by atoms with E-state index in [1.54, 1.807) is 0 Å². The number of nitrogens with zero attached hydrogens (tertiary/aromatic N) is 12. The molecule has 0 unspecified atom stereocenters. The molecular formula is C120H110N12+6. The molecule has 132 heavy (non-hydrogen) atoms. The molecular weight excluding hydrogens is 1610 g/mol. The summed E-state index contributed by atoms with van der Waals surface area (Å²) in [6, 6.07) is 113. The van der Waals surface area contributed by atoms with Gasteiger partial charge in [0.25, 0.3) is 0 Å².